The highest BCUT2D eigenvalue weighted by atomic mass is 14.9. The quantitative estimate of drug-likeness (QED) is 0.823. The minimum Gasteiger partial charge on any atom is -0.383 e. The van der Waals surface area contributed by atoms with Crippen LogP contribution in [0, 0.1) is 6.92 Å². The molecule has 17 heavy (non-hydrogen) atoms. The minimum absolute atomic E-state index is 0.0869. The van der Waals surface area contributed by atoms with Gasteiger partial charge in [-0.3, -0.25) is 9.97 Å². The molecule has 0 aliphatic heterocycles. The normalized spacial score (nSPS) is 12.4. The largest absolute Gasteiger partial charge is 0.383 e. The van der Waals surface area contributed by atoms with E-state index >= 15 is 0 Å². The smallest absolute Gasteiger partial charge is 0.128 e. The second kappa shape index (κ2) is 4.88. The first kappa shape index (κ1) is 11.5. The number of rotatable bonds is 3. The van der Waals surface area contributed by atoms with Gasteiger partial charge in [0.15, 0.2) is 0 Å². The fourth-order valence-electron chi connectivity index (χ4n) is 1.76. The van der Waals surface area contributed by atoms with Crippen molar-refractivity contribution in [3.05, 3.63) is 47.7 Å². The summed E-state index contributed by atoms with van der Waals surface area (Å²) in [5, 5.41) is 3.18. The maximum Gasteiger partial charge on any atom is 0.128 e. The van der Waals surface area contributed by atoms with Crippen LogP contribution in [0.25, 0.3) is 0 Å². The van der Waals surface area contributed by atoms with Crippen molar-refractivity contribution in [2.45, 2.75) is 13.0 Å². The van der Waals surface area contributed by atoms with Crippen LogP contribution in [-0.2, 0) is 0 Å². The summed E-state index contributed by atoms with van der Waals surface area (Å²) in [5.74, 6) is 0.514. The Kier molecular flexibility index (Phi) is 3.30. The number of nitrogens with one attached hydrogen (secondary N) is 1. The van der Waals surface area contributed by atoms with Crippen molar-refractivity contribution in [3.63, 3.8) is 0 Å². The van der Waals surface area contributed by atoms with Crippen LogP contribution in [0.5, 0.6) is 0 Å². The summed E-state index contributed by atoms with van der Waals surface area (Å²) >= 11 is 0. The molecule has 0 radical (unpaired) electrons. The molecule has 88 valence electrons. The molecular weight excluding hydrogens is 214 g/mol. The van der Waals surface area contributed by atoms with E-state index in [1.807, 2.05) is 20.0 Å². The lowest BCUT2D eigenvalue weighted by atomic mass is 10.0. The number of aromatic nitrogens is 3. The van der Waals surface area contributed by atoms with E-state index in [0.29, 0.717) is 5.82 Å². The van der Waals surface area contributed by atoms with Crippen LogP contribution in [0.15, 0.2) is 30.9 Å². The molecule has 5 heteroatoms. The van der Waals surface area contributed by atoms with Gasteiger partial charge in [0.25, 0.3) is 0 Å². The zero-order valence-corrected chi connectivity index (χ0v) is 9.88. The first-order valence-electron chi connectivity index (χ1n) is 5.37. The van der Waals surface area contributed by atoms with E-state index < -0.39 is 0 Å². The van der Waals surface area contributed by atoms with Crippen LogP contribution in [0.1, 0.15) is 22.9 Å². The summed E-state index contributed by atoms with van der Waals surface area (Å²) in [5.41, 5.74) is 8.72. The van der Waals surface area contributed by atoms with Crippen molar-refractivity contribution in [3.8, 4) is 0 Å². The first-order chi connectivity index (χ1) is 8.22. The van der Waals surface area contributed by atoms with E-state index in [4.69, 9.17) is 5.73 Å². The lowest BCUT2D eigenvalue weighted by molar-refractivity contribution is 0.666. The highest BCUT2D eigenvalue weighted by Gasteiger charge is 2.17. The number of hydrogen-bond acceptors (Lipinski definition) is 5. The molecule has 2 aromatic heterocycles. The van der Waals surface area contributed by atoms with E-state index in [-0.39, 0.29) is 6.04 Å². The Labute approximate surface area is 100 Å². The number of nitrogens with zero attached hydrogens (tertiary/aromatic N) is 3. The molecule has 2 aromatic rings. The van der Waals surface area contributed by atoms with Gasteiger partial charge in [0.05, 0.1) is 17.9 Å². The van der Waals surface area contributed by atoms with Gasteiger partial charge in [-0.2, -0.15) is 0 Å². The van der Waals surface area contributed by atoms with Gasteiger partial charge in [0.2, 0.25) is 0 Å². The predicted octanol–water partition coefficient (Wildman–Crippen LogP) is 1.07. The Morgan fingerprint density at radius 3 is 2.71 bits per heavy atom. The van der Waals surface area contributed by atoms with Crippen molar-refractivity contribution in [1.29, 1.82) is 0 Å². The molecule has 0 spiro atoms. The second-order valence-electron chi connectivity index (χ2n) is 3.84. The molecule has 0 saturated heterocycles. The SMILES string of the molecule is CNC(c1cnccn1)c1cc(C)cnc1N. The second-order valence-corrected chi connectivity index (χ2v) is 3.84. The van der Waals surface area contributed by atoms with Crippen LogP contribution in [0.2, 0.25) is 0 Å². The Hall–Kier alpha value is -2.01. The van der Waals surface area contributed by atoms with Gasteiger partial charge in [-0.15, -0.1) is 0 Å². The molecule has 0 amide bonds. The summed E-state index contributed by atoms with van der Waals surface area (Å²) in [6.45, 7) is 1.99. The van der Waals surface area contributed by atoms with Gasteiger partial charge >= 0.3 is 0 Å². The number of aryl methyl sites for hydroxylation is 1. The van der Waals surface area contributed by atoms with Gasteiger partial charge in [-0.25, -0.2) is 4.98 Å². The maximum atomic E-state index is 5.90. The number of anilines is 1. The third-order valence-electron chi connectivity index (χ3n) is 2.56. The van der Waals surface area contributed by atoms with Crippen LogP contribution in [0.4, 0.5) is 5.82 Å². The molecule has 0 aliphatic carbocycles. The fraction of sp³-hybridized carbons (Fsp3) is 0.250. The number of hydrogen-bond donors (Lipinski definition) is 2. The lowest BCUT2D eigenvalue weighted by Gasteiger charge is -2.17. The molecule has 2 rings (SSSR count). The standard InChI is InChI=1S/C12H15N5/c1-8-5-9(12(13)17-6-8)11(14-2)10-7-15-3-4-16-10/h3-7,11,14H,1-2H3,(H2,13,17). The van der Waals surface area contributed by atoms with Crippen LogP contribution >= 0.6 is 0 Å². The molecule has 1 atom stereocenters. The Balaban J connectivity index is 2.46. The summed E-state index contributed by atoms with van der Waals surface area (Å²) in [6.07, 6.45) is 6.79. The number of pyridine rings is 1. The van der Waals surface area contributed by atoms with Crippen LogP contribution in [-0.4, -0.2) is 22.0 Å². The van der Waals surface area contributed by atoms with Crippen molar-refractivity contribution in [2.24, 2.45) is 0 Å². The van der Waals surface area contributed by atoms with Gasteiger partial charge < -0.3 is 11.1 Å². The number of nitrogens with two attached hydrogens (primary N) is 1. The summed E-state index contributed by atoms with van der Waals surface area (Å²) in [4.78, 5) is 12.5. The monoisotopic (exact) mass is 229 g/mol. The van der Waals surface area contributed by atoms with Crippen molar-refractivity contribution in [2.75, 3.05) is 12.8 Å². The van der Waals surface area contributed by atoms with Crippen molar-refractivity contribution in [1.82, 2.24) is 20.3 Å². The Morgan fingerprint density at radius 2 is 2.06 bits per heavy atom. The molecule has 0 fully saturated rings. The summed E-state index contributed by atoms with van der Waals surface area (Å²) in [6, 6.07) is 1.93. The van der Waals surface area contributed by atoms with E-state index in [1.165, 1.54) is 0 Å². The number of nitrogen functional groups attached to an aromatic ring is 1. The molecule has 0 saturated carbocycles. The van der Waals surface area contributed by atoms with E-state index in [2.05, 4.69) is 20.3 Å². The zero-order valence-electron chi connectivity index (χ0n) is 9.88. The maximum absolute atomic E-state index is 5.90. The molecule has 0 bridgehead atoms. The topological polar surface area (TPSA) is 76.7 Å². The highest BCUT2D eigenvalue weighted by Crippen LogP contribution is 2.23. The molecule has 3 N–H and O–H groups in total. The third kappa shape index (κ3) is 2.39. The van der Waals surface area contributed by atoms with Crippen LogP contribution in [0.3, 0.4) is 0 Å². The van der Waals surface area contributed by atoms with Gasteiger partial charge in [-0.1, -0.05) is 0 Å². The lowest BCUT2D eigenvalue weighted by Crippen LogP contribution is -2.21. The van der Waals surface area contributed by atoms with Gasteiger partial charge in [0, 0.05) is 24.2 Å². The molecule has 2 heterocycles. The molecule has 0 aliphatic rings. The van der Waals surface area contributed by atoms with Crippen molar-refractivity contribution >= 4 is 5.82 Å². The van der Waals surface area contributed by atoms with Gasteiger partial charge in [-0.05, 0) is 25.6 Å². The molecule has 1 unspecified atom stereocenters. The van der Waals surface area contributed by atoms with E-state index in [1.54, 1.807) is 24.8 Å². The highest BCUT2D eigenvalue weighted by molar-refractivity contribution is 5.45. The predicted molar refractivity (Wildman–Crippen MR) is 66.3 cm³/mol. The van der Waals surface area contributed by atoms with Gasteiger partial charge in [0.1, 0.15) is 5.82 Å². The zero-order chi connectivity index (χ0) is 12.3. The minimum atomic E-state index is -0.0869. The Bertz CT molecular complexity index is 498. The van der Waals surface area contributed by atoms with E-state index in [9.17, 15) is 0 Å². The fourth-order valence-corrected chi connectivity index (χ4v) is 1.76. The molecular formula is C12H15N5. The average molecular weight is 229 g/mol. The molecule has 5 nitrogen and oxygen atoms in total. The first-order valence-corrected chi connectivity index (χ1v) is 5.37. The average Bonchev–Trinajstić information content (AvgIpc) is 2.36. The van der Waals surface area contributed by atoms with Crippen molar-refractivity contribution < 1.29 is 0 Å². The summed E-state index contributed by atoms with van der Waals surface area (Å²) < 4.78 is 0. The van der Waals surface area contributed by atoms with Crippen LogP contribution < -0.4 is 11.1 Å². The van der Waals surface area contributed by atoms with E-state index in [0.717, 1.165) is 16.8 Å². The Morgan fingerprint density at radius 1 is 1.24 bits per heavy atom. The molecule has 0 aromatic carbocycles. The summed E-state index contributed by atoms with van der Waals surface area (Å²) in [7, 11) is 1.86. The third-order valence-corrected chi connectivity index (χ3v) is 2.56.